The Morgan fingerprint density at radius 3 is 2.61 bits per heavy atom. The van der Waals surface area contributed by atoms with Crippen LogP contribution in [0.1, 0.15) is 44.9 Å². The summed E-state index contributed by atoms with van der Waals surface area (Å²) in [5, 5.41) is 0. The third kappa shape index (κ3) is 4.65. The van der Waals surface area contributed by atoms with Crippen LogP contribution in [0.5, 0.6) is 0 Å². The highest BCUT2D eigenvalue weighted by atomic mass is 15.2. The van der Waals surface area contributed by atoms with Crippen molar-refractivity contribution >= 4 is 5.82 Å². The molecule has 0 fully saturated rings. The summed E-state index contributed by atoms with van der Waals surface area (Å²) in [5.74, 6) is 1.78. The lowest BCUT2D eigenvalue weighted by molar-refractivity contribution is 0.583. The van der Waals surface area contributed by atoms with Crippen LogP contribution in [0.3, 0.4) is 0 Å². The second-order valence-corrected chi connectivity index (χ2v) is 5.38. The van der Waals surface area contributed by atoms with Gasteiger partial charge in [-0.3, -0.25) is 0 Å². The van der Waals surface area contributed by atoms with Crippen molar-refractivity contribution < 1.29 is 0 Å². The molecule has 0 amide bonds. The first kappa shape index (κ1) is 15.0. The summed E-state index contributed by atoms with van der Waals surface area (Å²) in [4.78, 5) is 6.95. The van der Waals surface area contributed by atoms with Crippen LogP contribution in [-0.2, 0) is 13.0 Å². The van der Waals surface area contributed by atoms with Crippen LogP contribution in [0.2, 0.25) is 0 Å². The summed E-state index contributed by atoms with van der Waals surface area (Å²) < 4.78 is 0. The second kappa shape index (κ2) is 7.37. The zero-order valence-electron chi connectivity index (χ0n) is 12.2. The van der Waals surface area contributed by atoms with E-state index in [2.05, 4.69) is 44.9 Å². The van der Waals surface area contributed by atoms with E-state index in [-0.39, 0.29) is 0 Å². The van der Waals surface area contributed by atoms with E-state index in [0.29, 0.717) is 6.54 Å². The first-order chi connectivity index (χ1) is 8.56. The first-order valence-corrected chi connectivity index (χ1v) is 6.97. The zero-order chi connectivity index (χ0) is 13.5. The molecule has 0 aromatic carbocycles. The van der Waals surface area contributed by atoms with Crippen molar-refractivity contribution in [3.63, 3.8) is 0 Å². The number of aryl methyl sites for hydroxylation is 1. The molecule has 102 valence electrons. The minimum Gasteiger partial charge on any atom is -0.360 e. The van der Waals surface area contributed by atoms with Crippen molar-refractivity contribution in [2.45, 2.75) is 46.6 Å². The third-order valence-corrected chi connectivity index (χ3v) is 3.10. The first-order valence-electron chi connectivity index (χ1n) is 6.97. The number of rotatable bonds is 7. The van der Waals surface area contributed by atoms with Gasteiger partial charge in [0.2, 0.25) is 0 Å². The van der Waals surface area contributed by atoms with Gasteiger partial charge < -0.3 is 10.6 Å². The fourth-order valence-corrected chi connectivity index (χ4v) is 1.90. The molecule has 0 unspecified atom stereocenters. The van der Waals surface area contributed by atoms with Crippen LogP contribution >= 0.6 is 0 Å². The van der Waals surface area contributed by atoms with Gasteiger partial charge >= 0.3 is 0 Å². The Balaban J connectivity index is 2.82. The molecule has 0 aliphatic heterocycles. The topological polar surface area (TPSA) is 42.1 Å². The van der Waals surface area contributed by atoms with Crippen LogP contribution in [0, 0.1) is 5.92 Å². The highest BCUT2D eigenvalue weighted by molar-refractivity contribution is 5.42. The standard InChI is InChI=1S/C15H27N3/c1-5-6-14-9-13(11-16)10-15(17-14)18(4)8-7-12(2)3/h9-10,12H,5-8,11,16H2,1-4H3. The van der Waals surface area contributed by atoms with Gasteiger partial charge in [-0.25, -0.2) is 4.98 Å². The number of nitrogens with two attached hydrogens (primary N) is 1. The molecule has 1 aromatic rings. The number of pyridine rings is 1. The molecule has 18 heavy (non-hydrogen) atoms. The number of hydrogen-bond acceptors (Lipinski definition) is 3. The van der Waals surface area contributed by atoms with Crippen LogP contribution in [0.15, 0.2) is 12.1 Å². The highest BCUT2D eigenvalue weighted by Crippen LogP contribution is 2.16. The van der Waals surface area contributed by atoms with Crippen LogP contribution in [0.4, 0.5) is 5.82 Å². The molecule has 1 heterocycles. The van der Waals surface area contributed by atoms with Gasteiger partial charge in [0.25, 0.3) is 0 Å². The Morgan fingerprint density at radius 2 is 2.06 bits per heavy atom. The summed E-state index contributed by atoms with van der Waals surface area (Å²) >= 11 is 0. The van der Waals surface area contributed by atoms with E-state index < -0.39 is 0 Å². The van der Waals surface area contributed by atoms with Gasteiger partial charge in [-0.2, -0.15) is 0 Å². The SMILES string of the molecule is CCCc1cc(CN)cc(N(C)CCC(C)C)n1. The minimum absolute atomic E-state index is 0.588. The van der Waals surface area contributed by atoms with Gasteiger partial charge in [0.1, 0.15) is 5.82 Å². The fourth-order valence-electron chi connectivity index (χ4n) is 1.90. The van der Waals surface area contributed by atoms with Gasteiger partial charge in [0.05, 0.1) is 0 Å². The smallest absolute Gasteiger partial charge is 0.128 e. The summed E-state index contributed by atoms with van der Waals surface area (Å²) in [6.45, 7) is 8.31. The lowest BCUT2D eigenvalue weighted by Crippen LogP contribution is -2.21. The predicted molar refractivity (Wildman–Crippen MR) is 78.8 cm³/mol. The maximum atomic E-state index is 5.76. The number of nitrogens with zero attached hydrogens (tertiary/aromatic N) is 2. The average molecular weight is 249 g/mol. The summed E-state index contributed by atoms with van der Waals surface area (Å²) in [6, 6.07) is 4.24. The Kier molecular flexibility index (Phi) is 6.13. The molecule has 0 atom stereocenters. The molecule has 0 spiro atoms. The molecule has 0 saturated carbocycles. The lowest BCUT2D eigenvalue weighted by Gasteiger charge is -2.20. The number of anilines is 1. The molecule has 0 saturated heterocycles. The van der Waals surface area contributed by atoms with E-state index in [1.807, 2.05) is 0 Å². The molecular formula is C15H27N3. The minimum atomic E-state index is 0.588. The quantitative estimate of drug-likeness (QED) is 0.808. The van der Waals surface area contributed by atoms with E-state index >= 15 is 0 Å². The van der Waals surface area contributed by atoms with Gasteiger partial charge in [-0.1, -0.05) is 27.2 Å². The third-order valence-electron chi connectivity index (χ3n) is 3.10. The van der Waals surface area contributed by atoms with Crippen molar-refractivity contribution in [1.29, 1.82) is 0 Å². The molecule has 0 aliphatic rings. The molecule has 0 bridgehead atoms. The van der Waals surface area contributed by atoms with Crippen molar-refractivity contribution in [2.24, 2.45) is 11.7 Å². The largest absolute Gasteiger partial charge is 0.360 e. The highest BCUT2D eigenvalue weighted by Gasteiger charge is 2.07. The Labute approximate surface area is 111 Å². The van der Waals surface area contributed by atoms with Crippen molar-refractivity contribution in [2.75, 3.05) is 18.5 Å². The van der Waals surface area contributed by atoms with Crippen LogP contribution in [-0.4, -0.2) is 18.6 Å². The van der Waals surface area contributed by atoms with E-state index in [9.17, 15) is 0 Å². The van der Waals surface area contributed by atoms with Crippen molar-refractivity contribution in [1.82, 2.24) is 4.98 Å². The Bertz CT molecular complexity index is 361. The fraction of sp³-hybridized carbons (Fsp3) is 0.667. The molecule has 1 rings (SSSR count). The lowest BCUT2D eigenvalue weighted by atomic mass is 10.1. The second-order valence-electron chi connectivity index (χ2n) is 5.38. The van der Waals surface area contributed by atoms with Crippen molar-refractivity contribution in [3.8, 4) is 0 Å². The summed E-state index contributed by atoms with van der Waals surface area (Å²) in [6.07, 6.45) is 3.34. The van der Waals surface area contributed by atoms with Crippen LogP contribution < -0.4 is 10.6 Å². The average Bonchev–Trinajstić information content (AvgIpc) is 2.35. The maximum absolute atomic E-state index is 5.76. The molecule has 0 radical (unpaired) electrons. The maximum Gasteiger partial charge on any atom is 0.128 e. The van der Waals surface area contributed by atoms with E-state index in [1.165, 1.54) is 12.0 Å². The Morgan fingerprint density at radius 1 is 1.33 bits per heavy atom. The predicted octanol–water partition coefficient (Wildman–Crippen LogP) is 2.98. The van der Waals surface area contributed by atoms with Crippen LogP contribution in [0.25, 0.3) is 0 Å². The van der Waals surface area contributed by atoms with E-state index in [0.717, 1.165) is 36.8 Å². The number of hydrogen-bond donors (Lipinski definition) is 1. The zero-order valence-corrected chi connectivity index (χ0v) is 12.2. The molecule has 1 aromatic heterocycles. The van der Waals surface area contributed by atoms with Gasteiger partial charge in [-0.05, 0) is 36.5 Å². The van der Waals surface area contributed by atoms with Gasteiger partial charge in [0.15, 0.2) is 0 Å². The molecule has 3 heteroatoms. The molecule has 2 N–H and O–H groups in total. The summed E-state index contributed by atoms with van der Waals surface area (Å²) in [7, 11) is 2.11. The van der Waals surface area contributed by atoms with Gasteiger partial charge in [0, 0.05) is 25.8 Å². The monoisotopic (exact) mass is 249 g/mol. The van der Waals surface area contributed by atoms with E-state index in [1.54, 1.807) is 0 Å². The molecular weight excluding hydrogens is 222 g/mol. The molecule has 3 nitrogen and oxygen atoms in total. The van der Waals surface area contributed by atoms with E-state index in [4.69, 9.17) is 10.7 Å². The molecule has 0 aliphatic carbocycles. The normalized spacial score (nSPS) is 11.0. The Hall–Kier alpha value is -1.09. The number of aromatic nitrogens is 1. The summed E-state index contributed by atoms with van der Waals surface area (Å²) in [5.41, 5.74) is 8.10. The van der Waals surface area contributed by atoms with Crippen molar-refractivity contribution in [3.05, 3.63) is 23.4 Å². The van der Waals surface area contributed by atoms with Gasteiger partial charge in [-0.15, -0.1) is 0 Å².